The molecule has 1 atom stereocenters. The van der Waals surface area contributed by atoms with Crippen molar-refractivity contribution in [3.8, 4) is 0 Å². The number of benzene rings is 1. The summed E-state index contributed by atoms with van der Waals surface area (Å²) in [5.41, 5.74) is 0.685. The summed E-state index contributed by atoms with van der Waals surface area (Å²) in [5.74, 6) is 1.57. The van der Waals surface area contributed by atoms with Gasteiger partial charge >= 0.3 is 0 Å². The topological polar surface area (TPSA) is 55.4 Å². The van der Waals surface area contributed by atoms with E-state index < -0.39 is 0 Å². The lowest BCUT2D eigenvalue weighted by Crippen LogP contribution is -2.25. The van der Waals surface area contributed by atoms with E-state index in [9.17, 15) is 4.79 Å². The number of furan rings is 2. The van der Waals surface area contributed by atoms with Crippen LogP contribution in [0.15, 0.2) is 49.7 Å². The molecular weight excluding hydrogens is 334 g/mol. The van der Waals surface area contributed by atoms with Crippen molar-refractivity contribution in [3.05, 3.63) is 58.2 Å². The Morgan fingerprint density at radius 3 is 2.71 bits per heavy atom. The van der Waals surface area contributed by atoms with Gasteiger partial charge in [0, 0.05) is 9.86 Å². The van der Waals surface area contributed by atoms with Crippen LogP contribution in [0.2, 0.25) is 0 Å². The van der Waals surface area contributed by atoms with E-state index in [0.717, 1.165) is 21.4 Å². The van der Waals surface area contributed by atoms with Gasteiger partial charge in [-0.25, -0.2) is 0 Å². The molecule has 1 unspecified atom stereocenters. The quantitative estimate of drug-likeness (QED) is 0.753. The standard InChI is InChI=1S/C16H14BrNO3/c1-9-3-5-13(20-9)10(2)18-16(19)15-8-11-7-12(17)4-6-14(11)21-15/h3-8,10H,1-2H3,(H,18,19). The summed E-state index contributed by atoms with van der Waals surface area (Å²) >= 11 is 3.40. The highest BCUT2D eigenvalue weighted by atomic mass is 79.9. The summed E-state index contributed by atoms with van der Waals surface area (Å²) in [6.07, 6.45) is 0. The van der Waals surface area contributed by atoms with E-state index in [1.807, 2.05) is 44.2 Å². The molecule has 108 valence electrons. The van der Waals surface area contributed by atoms with Crippen LogP contribution < -0.4 is 5.32 Å². The number of halogens is 1. The lowest BCUT2D eigenvalue weighted by Gasteiger charge is -2.09. The summed E-state index contributed by atoms with van der Waals surface area (Å²) in [6.45, 7) is 3.74. The summed E-state index contributed by atoms with van der Waals surface area (Å²) in [5, 5.41) is 3.75. The lowest BCUT2D eigenvalue weighted by atomic mass is 10.2. The van der Waals surface area contributed by atoms with Gasteiger partial charge in [0.15, 0.2) is 5.76 Å². The first-order valence-corrected chi connectivity index (χ1v) is 7.38. The minimum Gasteiger partial charge on any atom is -0.464 e. The predicted octanol–water partition coefficient (Wildman–Crippen LogP) is 4.59. The van der Waals surface area contributed by atoms with E-state index in [1.165, 1.54) is 0 Å². The van der Waals surface area contributed by atoms with Gasteiger partial charge in [-0.2, -0.15) is 0 Å². The fourth-order valence-corrected chi connectivity index (χ4v) is 2.53. The number of carbonyl (C=O) groups is 1. The molecule has 0 bridgehead atoms. The zero-order valence-electron chi connectivity index (χ0n) is 11.6. The molecule has 1 N–H and O–H groups in total. The van der Waals surface area contributed by atoms with E-state index in [2.05, 4.69) is 21.2 Å². The maximum atomic E-state index is 12.2. The van der Waals surface area contributed by atoms with Crippen LogP contribution in [0.3, 0.4) is 0 Å². The Morgan fingerprint density at radius 1 is 1.19 bits per heavy atom. The fraction of sp³-hybridized carbons (Fsp3) is 0.188. The van der Waals surface area contributed by atoms with Crippen molar-refractivity contribution >= 4 is 32.8 Å². The zero-order valence-corrected chi connectivity index (χ0v) is 13.2. The van der Waals surface area contributed by atoms with Crippen LogP contribution in [0.25, 0.3) is 11.0 Å². The smallest absolute Gasteiger partial charge is 0.287 e. The highest BCUT2D eigenvalue weighted by molar-refractivity contribution is 9.10. The third-order valence-electron chi connectivity index (χ3n) is 3.24. The fourth-order valence-electron chi connectivity index (χ4n) is 2.15. The number of rotatable bonds is 3. The molecule has 5 heteroatoms. The Balaban J connectivity index is 1.80. The molecule has 3 aromatic rings. The molecule has 0 aliphatic carbocycles. The van der Waals surface area contributed by atoms with E-state index in [-0.39, 0.29) is 11.9 Å². The van der Waals surface area contributed by atoms with Crippen molar-refractivity contribution < 1.29 is 13.6 Å². The van der Waals surface area contributed by atoms with Gasteiger partial charge in [0.25, 0.3) is 5.91 Å². The molecule has 0 spiro atoms. The van der Waals surface area contributed by atoms with Crippen molar-refractivity contribution in [1.29, 1.82) is 0 Å². The summed E-state index contributed by atoms with van der Waals surface area (Å²) < 4.78 is 12.0. The van der Waals surface area contributed by atoms with Gasteiger partial charge in [0.1, 0.15) is 17.1 Å². The Labute approximate surface area is 130 Å². The van der Waals surface area contributed by atoms with Crippen LogP contribution in [-0.4, -0.2) is 5.91 Å². The molecule has 4 nitrogen and oxygen atoms in total. The van der Waals surface area contributed by atoms with Crippen molar-refractivity contribution in [2.75, 3.05) is 0 Å². The van der Waals surface area contributed by atoms with Crippen molar-refractivity contribution in [1.82, 2.24) is 5.32 Å². The number of amides is 1. The lowest BCUT2D eigenvalue weighted by molar-refractivity contribution is 0.0909. The predicted molar refractivity (Wildman–Crippen MR) is 83.2 cm³/mol. The molecular formula is C16H14BrNO3. The Hall–Kier alpha value is -2.01. The molecule has 21 heavy (non-hydrogen) atoms. The average molecular weight is 348 g/mol. The van der Waals surface area contributed by atoms with Crippen LogP contribution >= 0.6 is 15.9 Å². The van der Waals surface area contributed by atoms with Gasteiger partial charge in [-0.3, -0.25) is 4.79 Å². The second-order valence-electron chi connectivity index (χ2n) is 4.94. The Morgan fingerprint density at radius 2 is 2.00 bits per heavy atom. The van der Waals surface area contributed by atoms with E-state index >= 15 is 0 Å². The molecule has 3 rings (SSSR count). The third-order valence-corrected chi connectivity index (χ3v) is 3.73. The normalized spacial score (nSPS) is 12.5. The summed E-state index contributed by atoms with van der Waals surface area (Å²) in [6, 6.07) is 10.9. The summed E-state index contributed by atoms with van der Waals surface area (Å²) in [4.78, 5) is 12.2. The number of hydrogen-bond donors (Lipinski definition) is 1. The first-order chi connectivity index (χ1) is 10.0. The highest BCUT2D eigenvalue weighted by Crippen LogP contribution is 2.24. The van der Waals surface area contributed by atoms with E-state index in [0.29, 0.717) is 11.3 Å². The highest BCUT2D eigenvalue weighted by Gasteiger charge is 2.17. The van der Waals surface area contributed by atoms with Gasteiger partial charge in [0.2, 0.25) is 0 Å². The van der Waals surface area contributed by atoms with Crippen LogP contribution in [0.1, 0.15) is 35.0 Å². The molecule has 0 radical (unpaired) electrons. The number of nitrogens with one attached hydrogen (secondary N) is 1. The first kappa shape index (κ1) is 13.9. The average Bonchev–Trinajstić information content (AvgIpc) is 3.04. The summed E-state index contributed by atoms with van der Waals surface area (Å²) in [7, 11) is 0. The molecule has 2 heterocycles. The van der Waals surface area contributed by atoms with Crippen molar-refractivity contribution in [3.63, 3.8) is 0 Å². The maximum Gasteiger partial charge on any atom is 0.287 e. The van der Waals surface area contributed by atoms with Crippen LogP contribution in [-0.2, 0) is 0 Å². The SMILES string of the molecule is Cc1ccc(C(C)NC(=O)c2cc3cc(Br)ccc3o2)o1. The third kappa shape index (κ3) is 2.88. The van der Waals surface area contributed by atoms with Crippen LogP contribution in [0.4, 0.5) is 0 Å². The molecule has 2 aromatic heterocycles. The largest absolute Gasteiger partial charge is 0.464 e. The number of hydrogen-bond acceptors (Lipinski definition) is 3. The minimum atomic E-state index is -0.260. The molecule has 1 amide bonds. The monoisotopic (exact) mass is 347 g/mol. The van der Waals surface area contributed by atoms with Gasteiger partial charge in [-0.05, 0) is 50.2 Å². The van der Waals surface area contributed by atoms with Gasteiger partial charge < -0.3 is 14.2 Å². The first-order valence-electron chi connectivity index (χ1n) is 6.59. The Kier molecular flexibility index (Phi) is 3.59. The van der Waals surface area contributed by atoms with Crippen molar-refractivity contribution in [2.24, 2.45) is 0 Å². The van der Waals surface area contributed by atoms with Crippen LogP contribution in [0.5, 0.6) is 0 Å². The second kappa shape index (κ2) is 5.41. The number of carbonyl (C=O) groups excluding carboxylic acids is 1. The second-order valence-corrected chi connectivity index (χ2v) is 5.85. The molecule has 1 aromatic carbocycles. The van der Waals surface area contributed by atoms with Gasteiger partial charge in [0.05, 0.1) is 6.04 Å². The van der Waals surface area contributed by atoms with E-state index in [4.69, 9.17) is 8.83 Å². The maximum absolute atomic E-state index is 12.2. The molecule has 0 fully saturated rings. The minimum absolute atomic E-state index is 0.217. The number of fused-ring (bicyclic) bond motifs is 1. The number of aryl methyl sites for hydroxylation is 1. The molecule has 0 aliphatic heterocycles. The van der Waals surface area contributed by atoms with Crippen LogP contribution in [0, 0.1) is 6.92 Å². The molecule has 0 saturated carbocycles. The van der Waals surface area contributed by atoms with Gasteiger partial charge in [-0.1, -0.05) is 15.9 Å². The molecule has 0 saturated heterocycles. The molecule has 0 aliphatic rings. The van der Waals surface area contributed by atoms with Gasteiger partial charge in [-0.15, -0.1) is 0 Å². The zero-order chi connectivity index (χ0) is 15.0. The van der Waals surface area contributed by atoms with E-state index in [1.54, 1.807) is 6.07 Å². The van der Waals surface area contributed by atoms with Crippen molar-refractivity contribution in [2.45, 2.75) is 19.9 Å². The Bertz CT molecular complexity index is 803.